The molecule has 1 saturated carbocycles. The van der Waals surface area contributed by atoms with Crippen LogP contribution in [0.15, 0.2) is 0 Å². The maximum atomic E-state index is 11.9. The number of nitrogens with one attached hydrogen (secondary N) is 1. The Morgan fingerprint density at radius 1 is 1.38 bits per heavy atom. The molecule has 0 bridgehead atoms. The van der Waals surface area contributed by atoms with Gasteiger partial charge in [0.2, 0.25) is 0 Å². The highest BCUT2D eigenvalue weighted by atomic mass is 19.4. The third kappa shape index (κ3) is 3.97. The Hall–Kier alpha value is -0.820. The van der Waals surface area contributed by atoms with Gasteiger partial charge in [0.25, 0.3) is 0 Å². The second kappa shape index (κ2) is 4.58. The zero-order valence-corrected chi connectivity index (χ0v) is 8.55. The molecule has 0 amide bonds. The van der Waals surface area contributed by atoms with Crippen LogP contribution >= 0.6 is 0 Å². The van der Waals surface area contributed by atoms with Crippen molar-refractivity contribution in [1.82, 2.24) is 5.32 Å². The summed E-state index contributed by atoms with van der Waals surface area (Å²) in [5.41, 5.74) is -1.44. The lowest BCUT2D eigenvalue weighted by molar-refractivity contribution is -0.170. The van der Waals surface area contributed by atoms with Crippen LogP contribution in [0.25, 0.3) is 0 Å². The summed E-state index contributed by atoms with van der Waals surface area (Å²) in [5, 5.41) is 19.7. The average molecular weight is 241 g/mol. The lowest BCUT2D eigenvalue weighted by atomic mass is 9.79. The van der Waals surface area contributed by atoms with Crippen LogP contribution in [0, 0.1) is 5.92 Å². The van der Waals surface area contributed by atoms with Gasteiger partial charge in [-0.1, -0.05) is 0 Å². The predicted molar refractivity (Wildman–Crippen MR) is 48.6 cm³/mol. The summed E-state index contributed by atoms with van der Waals surface area (Å²) < 4.78 is 35.6. The van der Waals surface area contributed by atoms with Crippen LogP contribution in [-0.2, 0) is 4.79 Å². The lowest BCUT2D eigenvalue weighted by Gasteiger charge is -2.35. The van der Waals surface area contributed by atoms with E-state index in [0.717, 1.165) is 0 Å². The van der Waals surface area contributed by atoms with Gasteiger partial charge in [0.05, 0.1) is 11.5 Å². The first-order valence-electron chi connectivity index (χ1n) is 4.99. The summed E-state index contributed by atoms with van der Waals surface area (Å²) in [6, 6.07) is 0. The maximum Gasteiger partial charge on any atom is 0.457 e. The molecule has 7 heteroatoms. The van der Waals surface area contributed by atoms with Crippen molar-refractivity contribution in [3.8, 4) is 0 Å². The molecular formula is C9H14F3NO3. The second-order valence-electron chi connectivity index (χ2n) is 4.19. The molecule has 0 aliphatic heterocycles. The van der Waals surface area contributed by atoms with Gasteiger partial charge in [-0.2, -0.15) is 13.2 Å². The molecule has 3 N–H and O–H groups in total. The van der Waals surface area contributed by atoms with Gasteiger partial charge in [0.15, 0.2) is 0 Å². The Morgan fingerprint density at radius 3 is 2.25 bits per heavy atom. The van der Waals surface area contributed by atoms with E-state index in [2.05, 4.69) is 0 Å². The van der Waals surface area contributed by atoms with Crippen molar-refractivity contribution in [2.45, 2.75) is 37.6 Å². The smallest absolute Gasteiger partial charge is 0.457 e. The Labute approximate surface area is 90.4 Å². The number of hydrogen-bond donors (Lipinski definition) is 3. The highest BCUT2D eigenvalue weighted by molar-refractivity contribution is 5.70. The van der Waals surface area contributed by atoms with Crippen LogP contribution in [0.2, 0.25) is 0 Å². The van der Waals surface area contributed by atoms with E-state index in [1.165, 1.54) is 5.32 Å². The van der Waals surface area contributed by atoms with E-state index in [1.54, 1.807) is 0 Å². The van der Waals surface area contributed by atoms with Gasteiger partial charge < -0.3 is 10.2 Å². The van der Waals surface area contributed by atoms with Gasteiger partial charge in [-0.15, -0.1) is 0 Å². The van der Waals surface area contributed by atoms with Gasteiger partial charge >= 0.3 is 12.3 Å². The van der Waals surface area contributed by atoms with Gasteiger partial charge in [0.1, 0.15) is 0 Å². The summed E-state index contributed by atoms with van der Waals surface area (Å²) >= 11 is 0. The Balaban J connectivity index is 2.41. The van der Waals surface area contributed by atoms with Crippen LogP contribution in [-0.4, -0.2) is 34.6 Å². The molecular weight excluding hydrogens is 227 g/mol. The van der Waals surface area contributed by atoms with Crippen LogP contribution in [0.1, 0.15) is 25.7 Å². The SMILES string of the molecule is O=C(O)C1CCC(O)(CNC(F)(F)F)CC1. The van der Waals surface area contributed by atoms with Crippen LogP contribution in [0.4, 0.5) is 13.2 Å². The van der Waals surface area contributed by atoms with E-state index in [-0.39, 0.29) is 25.7 Å². The van der Waals surface area contributed by atoms with Crippen molar-refractivity contribution in [3.63, 3.8) is 0 Å². The van der Waals surface area contributed by atoms with E-state index < -0.39 is 30.3 Å². The molecule has 4 nitrogen and oxygen atoms in total. The minimum Gasteiger partial charge on any atom is -0.481 e. The summed E-state index contributed by atoms with van der Waals surface area (Å²) in [6.07, 6.45) is -3.93. The molecule has 1 aliphatic carbocycles. The minimum atomic E-state index is -4.51. The molecule has 0 aromatic rings. The Morgan fingerprint density at radius 2 is 1.88 bits per heavy atom. The molecule has 0 heterocycles. The monoisotopic (exact) mass is 241 g/mol. The molecule has 1 rings (SSSR count). The van der Waals surface area contributed by atoms with Gasteiger partial charge in [-0.05, 0) is 25.7 Å². The third-order valence-electron chi connectivity index (χ3n) is 2.88. The summed E-state index contributed by atoms with van der Waals surface area (Å²) in [6.45, 7) is -0.581. The van der Waals surface area contributed by atoms with Crippen molar-refractivity contribution in [2.75, 3.05) is 6.54 Å². The standard InChI is InChI=1S/C9H14F3NO3/c10-9(11,12)13-5-8(16)3-1-6(2-4-8)7(14)15/h6,13,16H,1-5H2,(H,14,15). The van der Waals surface area contributed by atoms with Gasteiger partial charge in [-0.3, -0.25) is 4.79 Å². The van der Waals surface area contributed by atoms with Crippen molar-refractivity contribution < 1.29 is 28.2 Å². The number of aliphatic carboxylic acids is 1. The largest absolute Gasteiger partial charge is 0.481 e. The zero-order chi connectivity index (χ0) is 12.4. The third-order valence-corrected chi connectivity index (χ3v) is 2.88. The Kier molecular flexibility index (Phi) is 3.80. The van der Waals surface area contributed by atoms with E-state index in [1.807, 2.05) is 0 Å². The zero-order valence-electron chi connectivity index (χ0n) is 8.55. The highest BCUT2D eigenvalue weighted by Gasteiger charge is 2.38. The van der Waals surface area contributed by atoms with E-state index in [0.29, 0.717) is 0 Å². The number of carboxylic acids is 1. The fraction of sp³-hybridized carbons (Fsp3) is 0.889. The number of rotatable bonds is 3. The second-order valence-corrected chi connectivity index (χ2v) is 4.19. The fourth-order valence-electron chi connectivity index (χ4n) is 1.84. The summed E-state index contributed by atoms with van der Waals surface area (Å²) in [5.74, 6) is -1.50. The number of alkyl halides is 3. The van der Waals surface area contributed by atoms with Crippen LogP contribution in [0.5, 0.6) is 0 Å². The number of aliphatic hydroxyl groups is 1. The summed E-state index contributed by atoms with van der Waals surface area (Å²) in [7, 11) is 0. The van der Waals surface area contributed by atoms with Crippen molar-refractivity contribution in [2.24, 2.45) is 5.92 Å². The van der Waals surface area contributed by atoms with Crippen LogP contribution < -0.4 is 5.32 Å². The first-order valence-corrected chi connectivity index (χ1v) is 4.99. The topological polar surface area (TPSA) is 69.6 Å². The highest BCUT2D eigenvalue weighted by Crippen LogP contribution is 2.32. The number of halogens is 3. The molecule has 1 aliphatic rings. The molecule has 0 aromatic heterocycles. The lowest BCUT2D eigenvalue weighted by Crippen LogP contribution is -2.48. The normalized spacial score (nSPS) is 31.4. The predicted octanol–water partition coefficient (Wildman–Crippen LogP) is 1.10. The fourth-order valence-corrected chi connectivity index (χ4v) is 1.84. The summed E-state index contributed by atoms with van der Waals surface area (Å²) in [4.78, 5) is 10.6. The molecule has 0 saturated heterocycles. The molecule has 0 unspecified atom stereocenters. The molecule has 0 spiro atoms. The van der Waals surface area contributed by atoms with E-state index in [9.17, 15) is 23.1 Å². The van der Waals surface area contributed by atoms with Gasteiger partial charge in [0, 0.05) is 6.54 Å². The quantitative estimate of drug-likeness (QED) is 0.647. The first-order chi connectivity index (χ1) is 7.22. The number of hydrogen-bond acceptors (Lipinski definition) is 3. The average Bonchev–Trinajstić information content (AvgIpc) is 2.15. The number of carbonyl (C=O) groups is 1. The Bertz CT molecular complexity index is 259. The molecule has 94 valence electrons. The van der Waals surface area contributed by atoms with Crippen LogP contribution in [0.3, 0.4) is 0 Å². The molecule has 0 atom stereocenters. The number of carboxylic acid groups (broad SMARTS) is 1. The molecule has 16 heavy (non-hydrogen) atoms. The van der Waals surface area contributed by atoms with E-state index in [4.69, 9.17) is 5.11 Å². The first kappa shape index (κ1) is 13.2. The molecule has 1 fully saturated rings. The molecule has 0 radical (unpaired) electrons. The van der Waals surface area contributed by atoms with Crippen molar-refractivity contribution in [3.05, 3.63) is 0 Å². The van der Waals surface area contributed by atoms with Crippen molar-refractivity contribution in [1.29, 1.82) is 0 Å². The minimum absolute atomic E-state index is 0.0764. The van der Waals surface area contributed by atoms with Crippen molar-refractivity contribution >= 4 is 5.97 Å². The van der Waals surface area contributed by atoms with E-state index >= 15 is 0 Å². The molecule has 0 aromatic carbocycles. The maximum absolute atomic E-state index is 11.9. The van der Waals surface area contributed by atoms with Gasteiger partial charge in [-0.25, -0.2) is 5.32 Å².